The molecule has 0 aromatic rings. The van der Waals surface area contributed by atoms with Crippen molar-refractivity contribution in [1.29, 1.82) is 0 Å². The van der Waals surface area contributed by atoms with Gasteiger partial charge in [-0.25, -0.2) is 0 Å². The van der Waals surface area contributed by atoms with Crippen LogP contribution in [0.25, 0.3) is 0 Å². The minimum atomic E-state index is -1.62. The Hall–Kier alpha value is -2.90. The smallest absolute Gasteiger partial charge is 0.306 e. The predicted octanol–water partition coefficient (Wildman–Crippen LogP) is 15.2. The molecule has 1 fully saturated rings. The molecular weight excluding hydrogens is 967 g/mol. The molecule has 11 heteroatoms. The van der Waals surface area contributed by atoms with E-state index in [-0.39, 0.29) is 19.4 Å². The molecule has 446 valence electrons. The predicted molar refractivity (Wildman–Crippen MR) is 319 cm³/mol. The average molecular weight is 1080 g/mol. The van der Waals surface area contributed by atoms with Crippen LogP contribution >= 0.6 is 0 Å². The number of carbonyl (C=O) groups excluding carboxylic acids is 2. The maximum Gasteiger partial charge on any atom is 0.306 e. The zero-order chi connectivity index (χ0) is 56.1. The van der Waals surface area contributed by atoms with Crippen LogP contribution in [0.15, 0.2) is 72.9 Å². The van der Waals surface area contributed by atoms with E-state index < -0.39 is 67.4 Å². The van der Waals surface area contributed by atoms with E-state index in [0.717, 1.165) is 96.3 Å². The van der Waals surface area contributed by atoms with Crippen molar-refractivity contribution < 1.29 is 49.3 Å². The van der Waals surface area contributed by atoms with E-state index >= 15 is 0 Å². The third-order valence-corrected chi connectivity index (χ3v) is 14.6. The Labute approximate surface area is 471 Å². The first-order valence-electron chi connectivity index (χ1n) is 31.7. The molecule has 1 heterocycles. The lowest BCUT2D eigenvalue weighted by Gasteiger charge is -2.41. The highest BCUT2D eigenvalue weighted by Crippen LogP contribution is 2.26. The third-order valence-electron chi connectivity index (χ3n) is 14.6. The Kier molecular flexibility index (Phi) is 50.3. The van der Waals surface area contributed by atoms with Crippen molar-refractivity contribution in [2.24, 2.45) is 0 Å². The van der Waals surface area contributed by atoms with Gasteiger partial charge in [-0.15, -0.1) is 0 Å². The third kappa shape index (κ3) is 41.7. The van der Waals surface area contributed by atoms with Crippen LogP contribution in [0.3, 0.4) is 0 Å². The summed E-state index contributed by atoms with van der Waals surface area (Å²) in [5.74, 6) is -1.22. The van der Waals surface area contributed by atoms with Gasteiger partial charge in [0.25, 0.3) is 0 Å². The lowest BCUT2D eigenvalue weighted by molar-refractivity contribution is -0.305. The minimum Gasteiger partial charge on any atom is -0.454 e. The van der Waals surface area contributed by atoms with Crippen LogP contribution < -0.4 is 5.32 Å². The number of aliphatic hydroxyl groups is 5. The SMILES string of the molecule is CCCCC/C=C\C/C=C\C/C=C\C/C=C\CCCCCCC(O)C(=O)NC(COC1OC(CO)C(O)C(O)C1OC(=O)CCCCCCCCC/C=C\CCCCCC)C(O)/C=C/CCCCCCCCCCCCC. The van der Waals surface area contributed by atoms with Crippen molar-refractivity contribution in [2.45, 2.75) is 320 Å². The fourth-order valence-electron chi connectivity index (χ4n) is 9.51. The second kappa shape index (κ2) is 53.7. The van der Waals surface area contributed by atoms with Gasteiger partial charge in [0.05, 0.1) is 25.4 Å². The molecule has 11 nitrogen and oxygen atoms in total. The quantitative estimate of drug-likeness (QED) is 0.0195. The minimum absolute atomic E-state index is 0.114. The zero-order valence-corrected chi connectivity index (χ0v) is 49.3. The second-order valence-corrected chi connectivity index (χ2v) is 21.8. The Morgan fingerprint density at radius 1 is 0.506 bits per heavy atom. The monoisotopic (exact) mass is 1080 g/mol. The molecule has 6 N–H and O–H groups in total. The van der Waals surface area contributed by atoms with E-state index in [4.69, 9.17) is 14.2 Å². The summed E-state index contributed by atoms with van der Waals surface area (Å²) in [6.45, 7) is 5.74. The molecule has 0 bridgehead atoms. The number of unbranched alkanes of at least 4 members (excludes halogenated alkanes) is 29. The highest BCUT2D eigenvalue weighted by atomic mass is 16.7. The van der Waals surface area contributed by atoms with E-state index in [1.807, 2.05) is 6.08 Å². The van der Waals surface area contributed by atoms with Gasteiger partial charge in [-0.3, -0.25) is 9.59 Å². The molecule has 8 atom stereocenters. The van der Waals surface area contributed by atoms with Crippen molar-refractivity contribution in [3.8, 4) is 0 Å². The number of ether oxygens (including phenoxy) is 3. The Bertz CT molecular complexity index is 1530. The van der Waals surface area contributed by atoms with Gasteiger partial charge in [0.1, 0.15) is 24.4 Å². The van der Waals surface area contributed by atoms with Gasteiger partial charge < -0.3 is 45.1 Å². The van der Waals surface area contributed by atoms with Crippen LogP contribution in [-0.2, 0) is 23.8 Å². The molecule has 1 saturated heterocycles. The molecule has 0 aromatic carbocycles. The number of allylic oxidation sites excluding steroid dienone is 11. The number of hydrogen-bond donors (Lipinski definition) is 6. The van der Waals surface area contributed by atoms with Crippen LogP contribution in [0.4, 0.5) is 0 Å². The maximum absolute atomic E-state index is 13.4. The Balaban J connectivity index is 2.71. The number of carbonyl (C=O) groups is 2. The Morgan fingerprint density at radius 3 is 1.39 bits per heavy atom. The molecule has 1 aliphatic rings. The number of hydrogen-bond acceptors (Lipinski definition) is 10. The van der Waals surface area contributed by atoms with Crippen molar-refractivity contribution in [1.82, 2.24) is 5.32 Å². The molecular formula is C66H117NO10. The summed E-state index contributed by atoms with van der Waals surface area (Å²) < 4.78 is 17.6. The molecule has 0 aliphatic carbocycles. The summed E-state index contributed by atoms with van der Waals surface area (Å²) in [5, 5.41) is 57.0. The second-order valence-electron chi connectivity index (χ2n) is 21.8. The van der Waals surface area contributed by atoms with Crippen LogP contribution in [0, 0.1) is 0 Å². The van der Waals surface area contributed by atoms with Gasteiger partial charge in [0.15, 0.2) is 12.4 Å². The first kappa shape index (κ1) is 72.1. The summed E-state index contributed by atoms with van der Waals surface area (Å²) in [5.41, 5.74) is 0. The lowest BCUT2D eigenvalue weighted by Crippen LogP contribution is -2.61. The molecule has 0 radical (unpaired) electrons. The van der Waals surface area contributed by atoms with Gasteiger partial charge in [-0.1, -0.05) is 241 Å². The van der Waals surface area contributed by atoms with Gasteiger partial charge in [0.2, 0.25) is 5.91 Å². The summed E-state index contributed by atoms with van der Waals surface area (Å²) in [4.78, 5) is 26.6. The molecule has 1 amide bonds. The molecule has 8 unspecified atom stereocenters. The highest BCUT2D eigenvalue weighted by molar-refractivity contribution is 5.80. The van der Waals surface area contributed by atoms with Crippen molar-refractivity contribution in [3.63, 3.8) is 0 Å². The van der Waals surface area contributed by atoms with Crippen molar-refractivity contribution in [3.05, 3.63) is 72.9 Å². The summed E-state index contributed by atoms with van der Waals surface area (Å²) in [7, 11) is 0. The number of rotatable bonds is 53. The maximum atomic E-state index is 13.4. The first-order chi connectivity index (χ1) is 37.7. The molecule has 77 heavy (non-hydrogen) atoms. The number of aliphatic hydroxyl groups excluding tert-OH is 5. The van der Waals surface area contributed by atoms with E-state index in [0.29, 0.717) is 12.8 Å². The van der Waals surface area contributed by atoms with Gasteiger partial charge in [0, 0.05) is 6.42 Å². The molecule has 1 rings (SSSR count). The first-order valence-corrected chi connectivity index (χ1v) is 31.7. The molecule has 0 spiro atoms. The van der Waals surface area contributed by atoms with E-state index in [9.17, 15) is 35.1 Å². The zero-order valence-electron chi connectivity index (χ0n) is 49.3. The van der Waals surface area contributed by atoms with Crippen LogP contribution in [0.2, 0.25) is 0 Å². The largest absolute Gasteiger partial charge is 0.454 e. The fraction of sp³-hybridized carbons (Fsp3) is 0.788. The van der Waals surface area contributed by atoms with Crippen LogP contribution in [0.5, 0.6) is 0 Å². The van der Waals surface area contributed by atoms with Crippen LogP contribution in [-0.4, -0.2) is 99.6 Å². The summed E-state index contributed by atoms with van der Waals surface area (Å²) in [6.07, 6.45) is 57.8. The van der Waals surface area contributed by atoms with Gasteiger partial charge in [-0.2, -0.15) is 0 Å². The number of amides is 1. The van der Waals surface area contributed by atoms with Gasteiger partial charge >= 0.3 is 5.97 Å². The van der Waals surface area contributed by atoms with Crippen molar-refractivity contribution >= 4 is 11.9 Å². The lowest BCUT2D eigenvalue weighted by atomic mass is 9.99. The molecule has 0 aromatic heterocycles. The number of nitrogens with one attached hydrogen (secondary N) is 1. The summed E-state index contributed by atoms with van der Waals surface area (Å²) in [6, 6.07) is -1.04. The van der Waals surface area contributed by atoms with Crippen LogP contribution in [0.1, 0.15) is 271 Å². The van der Waals surface area contributed by atoms with E-state index in [1.165, 1.54) is 128 Å². The molecule has 1 aliphatic heterocycles. The standard InChI is InChI=1S/C66H117NO10/c1-4-7-10-13-16-19-22-25-27-28-29-30-31-33-35-38-41-44-47-50-53-59(70)65(74)67-57(58(69)52-49-46-43-40-37-34-24-21-18-15-12-9-6-3)56-75-66-64(63(73)62(72)60(55-68)76-66)77-61(71)54-51-48-45-42-39-36-32-26-23-20-17-14-11-8-5-2/h16,19-20,23,25,27,29-30,33,35,49,52,57-60,62-64,66,68-70,72-73H,4-15,17-18,21-22,24,26,28,31-32,34,36-48,50-51,53-56H2,1-3H3,(H,67,74)/b19-16-,23-20-,27-25-,30-29-,35-33-,52-49+. The summed E-state index contributed by atoms with van der Waals surface area (Å²) >= 11 is 0. The number of esters is 1. The van der Waals surface area contributed by atoms with Crippen molar-refractivity contribution in [2.75, 3.05) is 13.2 Å². The normalized spacial score (nSPS) is 19.5. The average Bonchev–Trinajstić information content (AvgIpc) is 3.43. The topological polar surface area (TPSA) is 175 Å². The fourth-order valence-corrected chi connectivity index (χ4v) is 9.51. The van der Waals surface area contributed by atoms with E-state index in [2.05, 4.69) is 86.8 Å². The van der Waals surface area contributed by atoms with E-state index in [1.54, 1.807) is 6.08 Å². The molecule has 0 saturated carbocycles. The Morgan fingerprint density at radius 2 is 0.896 bits per heavy atom. The highest BCUT2D eigenvalue weighted by Gasteiger charge is 2.47. The van der Waals surface area contributed by atoms with Gasteiger partial charge in [-0.05, 0) is 96.3 Å².